The second-order valence-electron chi connectivity index (χ2n) is 5.97. The van der Waals surface area contributed by atoms with Crippen LogP contribution in [0.25, 0.3) is 5.82 Å². The van der Waals surface area contributed by atoms with E-state index in [0.717, 1.165) is 11.5 Å². The van der Waals surface area contributed by atoms with Crippen molar-refractivity contribution < 1.29 is 4.57 Å². The Morgan fingerprint density at radius 2 is 1.83 bits per heavy atom. The standard InChI is InChI=1S/C15H22N3/c1-11-9-13(15(3,4)5)17(6)14(10-11)18-12(2)7-8-16-18/h7-10H,1-6H3/q+1. The van der Waals surface area contributed by atoms with E-state index < -0.39 is 0 Å². The molecule has 0 aliphatic carbocycles. The van der Waals surface area contributed by atoms with Crippen molar-refractivity contribution in [3.63, 3.8) is 0 Å². The average Bonchev–Trinajstić information content (AvgIpc) is 2.66. The molecule has 0 amide bonds. The molecule has 2 heterocycles. The maximum atomic E-state index is 4.41. The van der Waals surface area contributed by atoms with E-state index in [-0.39, 0.29) is 5.41 Å². The first-order valence-electron chi connectivity index (χ1n) is 6.33. The highest BCUT2D eigenvalue weighted by Gasteiger charge is 2.25. The molecule has 96 valence electrons. The van der Waals surface area contributed by atoms with Gasteiger partial charge in [0.05, 0.1) is 13.2 Å². The van der Waals surface area contributed by atoms with Crippen LogP contribution in [0.4, 0.5) is 0 Å². The van der Waals surface area contributed by atoms with E-state index in [0.29, 0.717) is 0 Å². The molecule has 0 saturated carbocycles. The molecule has 2 aromatic heterocycles. The van der Waals surface area contributed by atoms with Crippen molar-refractivity contribution >= 4 is 0 Å². The Morgan fingerprint density at radius 3 is 2.33 bits per heavy atom. The fourth-order valence-corrected chi connectivity index (χ4v) is 2.31. The molecular formula is C15H22N3+. The van der Waals surface area contributed by atoms with Gasteiger partial charge in [-0.2, -0.15) is 0 Å². The van der Waals surface area contributed by atoms with Gasteiger partial charge >= 0.3 is 5.82 Å². The molecule has 0 spiro atoms. The summed E-state index contributed by atoms with van der Waals surface area (Å²) in [5.74, 6) is 1.11. The first-order chi connectivity index (χ1) is 8.30. The van der Waals surface area contributed by atoms with Gasteiger partial charge in [-0.3, -0.25) is 0 Å². The minimum Gasteiger partial charge on any atom is -0.232 e. The van der Waals surface area contributed by atoms with E-state index in [1.807, 2.05) is 16.9 Å². The van der Waals surface area contributed by atoms with Crippen LogP contribution in [0, 0.1) is 13.8 Å². The van der Waals surface area contributed by atoms with Gasteiger partial charge in [0, 0.05) is 24.5 Å². The van der Waals surface area contributed by atoms with E-state index in [1.165, 1.54) is 11.3 Å². The molecule has 3 heteroatoms. The molecule has 0 aliphatic heterocycles. The molecule has 0 unspecified atom stereocenters. The lowest BCUT2D eigenvalue weighted by molar-refractivity contribution is -0.677. The Kier molecular flexibility index (Phi) is 3.01. The molecule has 0 fully saturated rings. The summed E-state index contributed by atoms with van der Waals surface area (Å²) >= 11 is 0. The number of nitrogens with zero attached hydrogens (tertiary/aromatic N) is 3. The molecule has 2 rings (SSSR count). The first kappa shape index (κ1) is 12.8. The van der Waals surface area contributed by atoms with Gasteiger partial charge in [0.2, 0.25) is 0 Å². The Hall–Kier alpha value is -1.64. The fourth-order valence-electron chi connectivity index (χ4n) is 2.31. The van der Waals surface area contributed by atoms with Crippen LogP contribution in [0.15, 0.2) is 24.4 Å². The smallest absolute Gasteiger partial charge is 0.232 e. The van der Waals surface area contributed by atoms with Gasteiger partial charge in [-0.15, -0.1) is 4.68 Å². The molecule has 3 nitrogen and oxygen atoms in total. The van der Waals surface area contributed by atoms with Crippen molar-refractivity contribution in [2.24, 2.45) is 7.05 Å². The Labute approximate surface area is 109 Å². The van der Waals surface area contributed by atoms with Crippen LogP contribution in [-0.4, -0.2) is 9.78 Å². The van der Waals surface area contributed by atoms with Crippen LogP contribution < -0.4 is 4.57 Å². The molecule has 0 radical (unpaired) electrons. The largest absolute Gasteiger partial charge is 0.307 e. The van der Waals surface area contributed by atoms with Gasteiger partial charge in [-0.05, 0) is 18.6 Å². The lowest BCUT2D eigenvalue weighted by Crippen LogP contribution is -2.43. The number of aryl methyl sites for hydroxylation is 2. The van der Waals surface area contributed by atoms with E-state index >= 15 is 0 Å². The van der Waals surface area contributed by atoms with E-state index in [1.54, 1.807) is 0 Å². The zero-order valence-electron chi connectivity index (χ0n) is 12.2. The van der Waals surface area contributed by atoms with Crippen molar-refractivity contribution in [1.29, 1.82) is 0 Å². The zero-order valence-corrected chi connectivity index (χ0v) is 12.2. The van der Waals surface area contributed by atoms with Gasteiger partial charge in [-0.25, -0.2) is 4.57 Å². The first-order valence-corrected chi connectivity index (χ1v) is 6.33. The van der Waals surface area contributed by atoms with E-state index in [9.17, 15) is 0 Å². The average molecular weight is 244 g/mol. The molecule has 0 bridgehead atoms. The molecule has 2 aromatic rings. The predicted octanol–water partition coefficient (Wildman–Crippen LogP) is 2.61. The van der Waals surface area contributed by atoms with E-state index in [2.05, 4.69) is 63.5 Å². The van der Waals surface area contributed by atoms with Gasteiger partial charge in [-0.1, -0.05) is 25.9 Å². The fraction of sp³-hybridized carbons (Fsp3) is 0.467. The maximum Gasteiger partial charge on any atom is 0.307 e. The Bertz CT molecular complexity index is 574. The number of rotatable bonds is 1. The number of aromatic nitrogens is 3. The van der Waals surface area contributed by atoms with Crippen LogP contribution in [0.2, 0.25) is 0 Å². The highest BCUT2D eigenvalue weighted by Crippen LogP contribution is 2.21. The second-order valence-corrected chi connectivity index (χ2v) is 5.97. The summed E-state index contributed by atoms with van der Waals surface area (Å²) < 4.78 is 4.22. The summed E-state index contributed by atoms with van der Waals surface area (Å²) in [6, 6.07) is 6.46. The predicted molar refractivity (Wildman–Crippen MR) is 72.9 cm³/mol. The van der Waals surface area contributed by atoms with Gasteiger partial charge in [0.15, 0.2) is 0 Å². The third kappa shape index (κ3) is 2.17. The highest BCUT2D eigenvalue weighted by atomic mass is 15.3. The summed E-state index contributed by atoms with van der Waals surface area (Å²) in [4.78, 5) is 0. The highest BCUT2D eigenvalue weighted by molar-refractivity contribution is 5.27. The minimum absolute atomic E-state index is 0.122. The Morgan fingerprint density at radius 1 is 1.17 bits per heavy atom. The van der Waals surface area contributed by atoms with Crippen LogP contribution in [0.3, 0.4) is 0 Å². The van der Waals surface area contributed by atoms with Crippen molar-refractivity contribution in [3.8, 4) is 5.82 Å². The molecule has 0 aromatic carbocycles. The number of hydrogen-bond donors (Lipinski definition) is 0. The third-order valence-corrected chi connectivity index (χ3v) is 3.24. The lowest BCUT2D eigenvalue weighted by atomic mass is 9.90. The molecule has 0 N–H and O–H groups in total. The topological polar surface area (TPSA) is 21.7 Å². The SMILES string of the molecule is Cc1cc(-n2nccc2C)[n+](C)c(C(C)(C)C)c1. The van der Waals surface area contributed by atoms with Crippen LogP contribution >= 0.6 is 0 Å². The van der Waals surface area contributed by atoms with Gasteiger partial charge in [0.25, 0.3) is 0 Å². The number of pyridine rings is 1. The van der Waals surface area contributed by atoms with E-state index in [4.69, 9.17) is 0 Å². The molecule has 0 aliphatic rings. The van der Waals surface area contributed by atoms with Gasteiger partial charge < -0.3 is 0 Å². The van der Waals surface area contributed by atoms with Crippen molar-refractivity contribution in [2.75, 3.05) is 0 Å². The van der Waals surface area contributed by atoms with Crippen LogP contribution in [0.1, 0.15) is 37.7 Å². The summed E-state index contributed by atoms with van der Waals surface area (Å²) in [5, 5.41) is 4.41. The van der Waals surface area contributed by atoms with Gasteiger partial charge in [0.1, 0.15) is 11.4 Å². The summed E-state index contributed by atoms with van der Waals surface area (Å²) in [6.07, 6.45) is 1.84. The van der Waals surface area contributed by atoms with Crippen molar-refractivity contribution in [3.05, 3.63) is 41.3 Å². The van der Waals surface area contributed by atoms with Crippen LogP contribution in [-0.2, 0) is 12.5 Å². The van der Waals surface area contributed by atoms with Crippen LogP contribution in [0.5, 0.6) is 0 Å². The van der Waals surface area contributed by atoms with Crippen molar-refractivity contribution in [1.82, 2.24) is 9.78 Å². The molecule has 0 saturated heterocycles. The second kappa shape index (κ2) is 4.23. The molecule has 0 atom stereocenters. The summed E-state index contributed by atoms with van der Waals surface area (Å²) in [7, 11) is 2.11. The quantitative estimate of drug-likeness (QED) is 0.707. The summed E-state index contributed by atoms with van der Waals surface area (Å²) in [5.41, 5.74) is 3.85. The normalized spacial score (nSPS) is 11.9. The molecular weight excluding hydrogens is 222 g/mol. The maximum absolute atomic E-state index is 4.41. The third-order valence-electron chi connectivity index (χ3n) is 3.24. The van der Waals surface area contributed by atoms with Crippen molar-refractivity contribution in [2.45, 2.75) is 40.0 Å². The molecule has 18 heavy (non-hydrogen) atoms. The zero-order chi connectivity index (χ0) is 13.5. The Balaban J connectivity index is 2.70. The minimum atomic E-state index is 0.122. The monoisotopic (exact) mass is 244 g/mol. The summed E-state index contributed by atoms with van der Waals surface area (Å²) in [6.45, 7) is 10.9. The lowest BCUT2D eigenvalue weighted by Gasteiger charge is -2.20. The number of hydrogen-bond acceptors (Lipinski definition) is 1.